The van der Waals surface area contributed by atoms with E-state index in [4.69, 9.17) is 16.3 Å². The molecule has 0 aliphatic carbocycles. The Kier molecular flexibility index (Phi) is 7.05. The second-order valence-electron chi connectivity index (χ2n) is 6.99. The van der Waals surface area contributed by atoms with Crippen LogP contribution in [0.5, 0.6) is 5.75 Å². The highest BCUT2D eigenvalue weighted by Gasteiger charge is 2.19. The van der Waals surface area contributed by atoms with Crippen LogP contribution in [-0.4, -0.2) is 34.4 Å². The van der Waals surface area contributed by atoms with E-state index < -0.39 is 0 Å². The summed E-state index contributed by atoms with van der Waals surface area (Å²) in [5.41, 5.74) is 1.68. The number of nitrogens with zero attached hydrogens (tertiary/aromatic N) is 2. The zero-order valence-electron chi connectivity index (χ0n) is 17.4. The molecule has 0 aliphatic rings. The number of carbonyl (C=O) groups is 1. The van der Waals surface area contributed by atoms with Gasteiger partial charge >= 0.3 is 0 Å². The molecule has 30 heavy (non-hydrogen) atoms. The van der Waals surface area contributed by atoms with Gasteiger partial charge in [-0.2, -0.15) is 0 Å². The SMILES string of the molecule is CCC(C)NC(=O)CSc1nc2ccccc2c(=O)n1-c1cc(C)c(Cl)cc1OC. The van der Waals surface area contributed by atoms with Crippen LogP contribution in [-0.2, 0) is 4.79 Å². The summed E-state index contributed by atoms with van der Waals surface area (Å²) in [6.45, 7) is 5.82. The van der Waals surface area contributed by atoms with Crippen molar-refractivity contribution >= 4 is 40.2 Å². The molecule has 3 aromatic rings. The van der Waals surface area contributed by atoms with Crippen molar-refractivity contribution < 1.29 is 9.53 Å². The Hall–Kier alpha value is -2.51. The fraction of sp³-hybridized carbons (Fsp3) is 0.318. The van der Waals surface area contributed by atoms with Gasteiger partial charge in [0.1, 0.15) is 5.75 Å². The van der Waals surface area contributed by atoms with Gasteiger partial charge in [-0.3, -0.25) is 14.2 Å². The van der Waals surface area contributed by atoms with Crippen LogP contribution in [0, 0.1) is 6.92 Å². The first-order valence-corrected chi connectivity index (χ1v) is 11.0. The first-order chi connectivity index (χ1) is 14.3. The summed E-state index contributed by atoms with van der Waals surface area (Å²) >= 11 is 7.46. The molecule has 0 saturated carbocycles. The van der Waals surface area contributed by atoms with Crippen molar-refractivity contribution in [1.82, 2.24) is 14.9 Å². The minimum atomic E-state index is -0.231. The third-order valence-electron chi connectivity index (χ3n) is 4.80. The van der Waals surface area contributed by atoms with Gasteiger partial charge in [0.25, 0.3) is 5.56 Å². The molecule has 1 N–H and O–H groups in total. The van der Waals surface area contributed by atoms with Gasteiger partial charge in [0.15, 0.2) is 5.16 Å². The molecule has 1 aromatic heterocycles. The average Bonchev–Trinajstić information content (AvgIpc) is 2.74. The van der Waals surface area contributed by atoms with Crippen molar-refractivity contribution in [2.24, 2.45) is 0 Å². The molecule has 1 atom stereocenters. The number of fused-ring (bicyclic) bond motifs is 1. The highest BCUT2D eigenvalue weighted by Crippen LogP contribution is 2.31. The molecule has 0 bridgehead atoms. The Balaban J connectivity index is 2.14. The number of rotatable bonds is 7. The number of methoxy groups -OCH3 is 1. The van der Waals surface area contributed by atoms with E-state index in [-0.39, 0.29) is 23.3 Å². The maximum absolute atomic E-state index is 13.4. The Morgan fingerprint density at radius 2 is 2.07 bits per heavy atom. The Morgan fingerprint density at radius 3 is 2.77 bits per heavy atom. The number of carbonyl (C=O) groups excluding carboxylic acids is 1. The van der Waals surface area contributed by atoms with Crippen LogP contribution in [0.1, 0.15) is 25.8 Å². The normalized spacial score (nSPS) is 12.0. The predicted octanol–water partition coefficient (Wildman–Crippen LogP) is 4.36. The lowest BCUT2D eigenvalue weighted by atomic mass is 10.2. The lowest BCUT2D eigenvalue weighted by Crippen LogP contribution is -2.33. The standard InChI is InChI=1S/C22H24ClN3O3S/c1-5-14(3)24-20(27)12-30-22-25-17-9-7-6-8-15(17)21(28)26(22)18-10-13(2)16(23)11-19(18)29-4/h6-11,14H,5,12H2,1-4H3,(H,24,27). The second-order valence-corrected chi connectivity index (χ2v) is 8.34. The van der Waals surface area contributed by atoms with Crippen LogP contribution in [0.3, 0.4) is 0 Å². The van der Waals surface area contributed by atoms with Crippen LogP contribution >= 0.6 is 23.4 Å². The van der Waals surface area contributed by atoms with Gasteiger partial charge in [-0.1, -0.05) is 42.4 Å². The van der Waals surface area contributed by atoms with Gasteiger partial charge in [-0.15, -0.1) is 0 Å². The van der Waals surface area contributed by atoms with Crippen molar-refractivity contribution in [3.05, 3.63) is 57.3 Å². The number of halogens is 1. The van der Waals surface area contributed by atoms with Gasteiger partial charge in [0.05, 0.1) is 29.5 Å². The number of aromatic nitrogens is 2. The van der Waals surface area contributed by atoms with E-state index in [1.807, 2.05) is 26.8 Å². The summed E-state index contributed by atoms with van der Waals surface area (Å²) in [4.78, 5) is 30.4. The maximum Gasteiger partial charge on any atom is 0.266 e. The van der Waals surface area contributed by atoms with Gasteiger partial charge in [-0.05, 0) is 44.0 Å². The summed E-state index contributed by atoms with van der Waals surface area (Å²) in [5.74, 6) is 0.488. The molecule has 158 valence electrons. The van der Waals surface area contributed by atoms with E-state index in [2.05, 4.69) is 10.3 Å². The van der Waals surface area contributed by atoms with E-state index in [0.29, 0.717) is 32.5 Å². The van der Waals surface area contributed by atoms with Crippen LogP contribution in [0.4, 0.5) is 0 Å². The Labute approximate surface area is 184 Å². The number of benzene rings is 2. The number of para-hydroxylation sites is 1. The molecule has 0 radical (unpaired) electrons. The number of nitrogens with one attached hydrogen (secondary N) is 1. The van der Waals surface area contributed by atoms with Crippen molar-refractivity contribution in [2.75, 3.05) is 12.9 Å². The third kappa shape index (κ3) is 4.63. The summed E-state index contributed by atoms with van der Waals surface area (Å²) in [6.07, 6.45) is 0.844. The second kappa shape index (κ2) is 9.53. The van der Waals surface area contributed by atoms with Crippen LogP contribution in [0.15, 0.2) is 46.3 Å². The van der Waals surface area contributed by atoms with Gasteiger partial charge < -0.3 is 10.1 Å². The number of hydrogen-bond donors (Lipinski definition) is 1. The summed E-state index contributed by atoms with van der Waals surface area (Å²) in [6, 6.07) is 10.7. The summed E-state index contributed by atoms with van der Waals surface area (Å²) in [5, 5.41) is 4.38. The van der Waals surface area contributed by atoms with Crippen molar-refractivity contribution in [3.63, 3.8) is 0 Å². The molecular weight excluding hydrogens is 422 g/mol. The highest BCUT2D eigenvalue weighted by molar-refractivity contribution is 7.99. The van der Waals surface area contributed by atoms with Crippen LogP contribution in [0.25, 0.3) is 16.6 Å². The minimum Gasteiger partial charge on any atom is -0.495 e. The molecule has 8 heteroatoms. The van der Waals surface area contributed by atoms with Gasteiger partial charge in [0.2, 0.25) is 5.91 Å². The van der Waals surface area contributed by atoms with E-state index in [1.165, 1.54) is 23.4 Å². The van der Waals surface area contributed by atoms with Crippen molar-refractivity contribution in [2.45, 2.75) is 38.4 Å². The molecule has 2 aromatic carbocycles. The molecule has 6 nitrogen and oxygen atoms in total. The highest BCUT2D eigenvalue weighted by atomic mass is 35.5. The molecule has 0 aliphatic heterocycles. The topological polar surface area (TPSA) is 73.2 Å². The number of amides is 1. The van der Waals surface area contributed by atoms with Crippen molar-refractivity contribution in [1.29, 1.82) is 0 Å². The quantitative estimate of drug-likeness (QED) is 0.432. The molecular formula is C22H24ClN3O3S. The third-order valence-corrected chi connectivity index (χ3v) is 6.14. The number of ether oxygens (including phenoxy) is 1. The maximum atomic E-state index is 13.4. The number of aryl methyl sites for hydroxylation is 1. The zero-order valence-corrected chi connectivity index (χ0v) is 18.9. The lowest BCUT2D eigenvalue weighted by Gasteiger charge is -2.17. The first-order valence-electron chi connectivity index (χ1n) is 9.64. The van der Waals surface area contributed by atoms with E-state index in [0.717, 1.165) is 12.0 Å². The smallest absolute Gasteiger partial charge is 0.266 e. The van der Waals surface area contributed by atoms with Gasteiger partial charge in [-0.25, -0.2) is 4.98 Å². The van der Waals surface area contributed by atoms with Crippen LogP contribution in [0.2, 0.25) is 5.02 Å². The molecule has 1 amide bonds. The summed E-state index contributed by atoms with van der Waals surface area (Å²) < 4.78 is 6.98. The molecule has 0 spiro atoms. The first kappa shape index (κ1) is 22.2. The number of hydrogen-bond acceptors (Lipinski definition) is 5. The zero-order chi connectivity index (χ0) is 21.8. The van der Waals surface area contributed by atoms with E-state index in [9.17, 15) is 9.59 Å². The molecule has 1 unspecified atom stereocenters. The van der Waals surface area contributed by atoms with Crippen molar-refractivity contribution in [3.8, 4) is 11.4 Å². The Bertz CT molecular complexity index is 1150. The Morgan fingerprint density at radius 1 is 1.33 bits per heavy atom. The predicted molar refractivity (Wildman–Crippen MR) is 122 cm³/mol. The fourth-order valence-corrected chi connectivity index (χ4v) is 3.93. The largest absolute Gasteiger partial charge is 0.495 e. The molecule has 0 fully saturated rings. The minimum absolute atomic E-state index is 0.0869. The van der Waals surface area contributed by atoms with E-state index in [1.54, 1.807) is 30.3 Å². The molecule has 0 saturated heterocycles. The van der Waals surface area contributed by atoms with Gasteiger partial charge in [0, 0.05) is 17.1 Å². The average molecular weight is 446 g/mol. The monoisotopic (exact) mass is 445 g/mol. The summed E-state index contributed by atoms with van der Waals surface area (Å²) in [7, 11) is 1.52. The fourth-order valence-electron chi connectivity index (χ4n) is 2.96. The van der Waals surface area contributed by atoms with Crippen LogP contribution < -0.4 is 15.6 Å². The lowest BCUT2D eigenvalue weighted by molar-refractivity contribution is -0.119. The molecule has 1 heterocycles. The number of thioether (sulfide) groups is 1. The molecule has 3 rings (SSSR count). The van der Waals surface area contributed by atoms with E-state index >= 15 is 0 Å².